The third-order valence-electron chi connectivity index (χ3n) is 5.91. The molecule has 158 valence electrons. The molecule has 0 fully saturated rings. The van der Waals surface area contributed by atoms with E-state index in [1.54, 1.807) is 0 Å². The van der Waals surface area contributed by atoms with E-state index in [0.29, 0.717) is 0 Å². The van der Waals surface area contributed by atoms with Crippen LogP contribution >= 0.6 is 0 Å². The minimum absolute atomic E-state index is 0.0956. The number of hydrogen-bond acceptors (Lipinski definition) is 2. The number of nitrogens with one attached hydrogen (secondary N) is 2. The molecule has 3 aromatic rings. The molecule has 0 radical (unpaired) electrons. The summed E-state index contributed by atoms with van der Waals surface area (Å²) in [6, 6.07) is 14.3. The van der Waals surface area contributed by atoms with Crippen molar-refractivity contribution in [3.63, 3.8) is 0 Å². The van der Waals surface area contributed by atoms with Gasteiger partial charge in [-0.25, -0.2) is 0 Å². The van der Waals surface area contributed by atoms with Gasteiger partial charge in [-0.2, -0.15) is 0 Å². The van der Waals surface area contributed by atoms with Gasteiger partial charge in [0.15, 0.2) is 5.78 Å². The van der Waals surface area contributed by atoms with Gasteiger partial charge in [0.1, 0.15) is 0 Å². The second kappa shape index (κ2) is 9.29. The van der Waals surface area contributed by atoms with E-state index < -0.39 is 6.04 Å². The van der Waals surface area contributed by atoms with Gasteiger partial charge < -0.3 is 10.3 Å². The summed E-state index contributed by atoms with van der Waals surface area (Å²) in [5.74, 6) is -0.0105. The summed E-state index contributed by atoms with van der Waals surface area (Å²) >= 11 is 0. The Morgan fingerprint density at radius 1 is 1.00 bits per heavy atom. The molecular formula is C26H32N2O2. The maximum Gasteiger partial charge on any atom is 0.225 e. The van der Waals surface area contributed by atoms with Crippen LogP contribution in [0.1, 0.15) is 45.2 Å². The summed E-state index contributed by atoms with van der Waals surface area (Å²) in [5, 5.41) is 4.04. The smallest absolute Gasteiger partial charge is 0.225 e. The predicted molar refractivity (Wildman–Crippen MR) is 123 cm³/mol. The molecule has 0 saturated carbocycles. The largest absolute Gasteiger partial charge is 0.361 e. The van der Waals surface area contributed by atoms with Gasteiger partial charge in [-0.3, -0.25) is 9.59 Å². The SMILES string of the molecule is CC[C@H](C)[C@H](NC(=O)Cc1c[nH]c2ccc(-c3ccc(C)cc3)cc12)C(=O)C(C)C. The first kappa shape index (κ1) is 21.8. The first-order valence-electron chi connectivity index (χ1n) is 10.8. The summed E-state index contributed by atoms with van der Waals surface area (Å²) in [7, 11) is 0. The number of aromatic nitrogens is 1. The average Bonchev–Trinajstić information content (AvgIpc) is 3.13. The number of benzene rings is 2. The summed E-state index contributed by atoms with van der Waals surface area (Å²) in [6.07, 6.45) is 2.98. The van der Waals surface area contributed by atoms with E-state index >= 15 is 0 Å². The van der Waals surface area contributed by atoms with E-state index in [1.165, 1.54) is 5.56 Å². The second-order valence-corrected chi connectivity index (χ2v) is 8.60. The summed E-state index contributed by atoms with van der Waals surface area (Å²) in [5.41, 5.74) is 5.45. The molecule has 2 atom stereocenters. The number of H-pyrrole nitrogens is 1. The van der Waals surface area contributed by atoms with Crippen LogP contribution in [0.4, 0.5) is 0 Å². The van der Waals surface area contributed by atoms with Crippen molar-refractivity contribution in [1.82, 2.24) is 10.3 Å². The van der Waals surface area contributed by atoms with Crippen molar-refractivity contribution in [1.29, 1.82) is 0 Å². The Morgan fingerprint density at radius 3 is 2.30 bits per heavy atom. The normalized spacial score (nSPS) is 13.4. The van der Waals surface area contributed by atoms with E-state index in [1.807, 2.05) is 33.9 Å². The van der Waals surface area contributed by atoms with Gasteiger partial charge in [0.05, 0.1) is 12.5 Å². The molecule has 0 aliphatic rings. The lowest BCUT2D eigenvalue weighted by atomic mass is 9.90. The highest BCUT2D eigenvalue weighted by Gasteiger charge is 2.27. The Morgan fingerprint density at radius 2 is 1.67 bits per heavy atom. The lowest BCUT2D eigenvalue weighted by Crippen LogP contribution is -2.47. The van der Waals surface area contributed by atoms with Gasteiger partial charge in [-0.1, -0.05) is 70.0 Å². The highest BCUT2D eigenvalue weighted by molar-refractivity contribution is 5.94. The van der Waals surface area contributed by atoms with Crippen molar-refractivity contribution < 1.29 is 9.59 Å². The fourth-order valence-electron chi connectivity index (χ4n) is 3.74. The third-order valence-corrected chi connectivity index (χ3v) is 5.91. The number of carbonyl (C=O) groups excluding carboxylic acids is 2. The van der Waals surface area contributed by atoms with Crippen LogP contribution in [-0.2, 0) is 16.0 Å². The first-order valence-corrected chi connectivity index (χ1v) is 10.8. The standard InChI is InChI=1S/C26H32N2O2/c1-6-18(5)25(26(30)16(2)3)28-24(29)14-21-15-27-23-12-11-20(13-22(21)23)19-9-7-17(4)8-10-19/h7-13,15-16,18,25,27H,6,14H2,1-5H3,(H,28,29)/t18-,25-/m0/s1. The van der Waals surface area contributed by atoms with E-state index in [9.17, 15) is 9.59 Å². The van der Waals surface area contributed by atoms with Crippen molar-refractivity contribution in [2.45, 2.75) is 53.5 Å². The van der Waals surface area contributed by atoms with E-state index in [2.05, 4.69) is 59.7 Å². The Hall–Kier alpha value is -2.88. The molecule has 1 aromatic heterocycles. The van der Waals surface area contributed by atoms with Crippen molar-refractivity contribution in [2.75, 3.05) is 0 Å². The molecule has 0 bridgehead atoms. The second-order valence-electron chi connectivity index (χ2n) is 8.60. The monoisotopic (exact) mass is 404 g/mol. The number of ketones is 1. The molecule has 0 unspecified atom stereocenters. The van der Waals surface area contributed by atoms with Crippen molar-refractivity contribution in [2.24, 2.45) is 11.8 Å². The summed E-state index contributed by atoms with van der Waals surface area (Å²) in [4.78, 5) is 28.7. The molecule has 4 nitrogen and oxygen atoms in total. The lowest BCUT2D eigenvalue weighted by molar-refractivity contribution is -0.130. The zero-order valence-corrected chi connectivity index (χ0v) is 18.6. The number of Topliss-reactive ketones (excluding diaryl/α,β-unsaturated/α-hetero) is 1. The molecule has 0 aliphatic heterocycles. The van der Waals surface area contributed by atoms with E-state index in [0.717, 1.165) is 34.0 Å². The Bertz CT molecular complexity index is 1030. The van der Waals surface area contributed by atoms with Crippen molar-refractivity contribution >= 4 is 22.6 Å². The molecule has 2 aromatic carbocycles. The Balaban J connectivity index is 1.82. The molecular weight excluding hydrogens is 372 g/mol. The van der Waals surface area contributed by atoms with Gasteiger partial charge >= 0.3 is 0 Å². The molecule has 30 heavy (non-hydrogen) atoms. The van der Waals surface area contributed by atoms with Gasteiger partial charge in [0, 0.05) is 23.0 Å². The van der Waals surface area contributed by atoms with Gasteiger partial charge in [0.25, 0.3) is 0 Å². The Kier molecular flexibility index (Phi) is 6.76. The minimum atomic E-state index is -0.434. The fraction of sp³-hybridized carbons (Fsp3) is 0.385. The van der Waals surface area contributed by atoms with Crippen LogP contribution in [0, 0.1) is 18.8 Å². The quantitative estimate of drug-likeness (QED) is 0.525. The van der Waals surface area contributed by atoms with Gasteiger partial charge in [-0.15, -0.1) is 0 Å². The maximum absolute atomic E-state index is 12.8. The van der Waals surface area contributed by atoms with Crippen LogP contribution in [0.3, 0.4) is 0 Å². The number of fused-ring (bicyclic) bond motifs is 1. The summed E-state index contributed by atoms with van der Waals surface area (Å²) < 4.78 is 0. The van der Waals surface area contributed by atoms with Crippen molar-refractivity contribution in [3.8, 4) is 11.1 Å². The molecule has 0 saturated heterocycles. The molecule has 0 aliphatic carbocycles. The highest BCUT2D eigenvalue weighted by atomic mass is 16.2. The minimum Gasteiger partial charge on any atom is -0.361 e. The number of aromatic amines is 1. The fourth-order valence-corrected chi connectivity index (χ4v) is 3.74. The Labute approximate surface area is 179 Å². The van der Waals surface area contributed by atoms with Crippen LogP contribution in [0.15, 0.2) is 48.7 Å². The topological polar surface area (TPSA) is 62.0 Å². The van der Waals surface area contributed by atoms with Gasteiger partial charge in [0.2, 0.25) is 5.91 Å². The maximum atomic E-state index is 12.8. The molecule has 0 spiro atoms. The van der Waals surface area contributed by atoms with Crippen LogP contribution in [0.25, 0.3) is 22.0 Å². The van der Waals surface area contributed by atoms with E-state index in [4.69, 9.17) is 0 Å². The number of aryl methyl sites for hydroxylation is 1. The van der Waals surface area contributed by atoms with E-state index in [-0.39, 0.29) is 29.9 Å². The number of amides is 1. The van der Waals surface area contributed by atoms with Crippen molar-refractivity contribution in [3.05, 3.63) is 59.8 Å². The number of carbonyl (C=O) groups is 2. The highest BCUT2D eigenvalue weighted by Crippen LogP contribution is 2.27. The van der Waals surface area contributed by atoms with Gasteiger partial charge in [-0.05, 0) is 41.7 Å². The first-order chi connectivity index (χ1) is 14.3. The number of rotatable bonds is 8. The molecule has 4 heteroatoms. The average molecular weight is 405 g/mol. The van der Waals surface area contributed by atoms with Crippen LogP contribution < -0.4 is 5.32 Å². The lowest BCUT2D eigenvalue weighted by Gasteiger charge is -2.24. The zero-order valence-electron chi connectivity index (χ0n) is 18.6. The summed E-state index contributed by atoms with van der Waals surface area (Å²) in [6.45, 7) is 9.91. The van der Waals surface area contributed by atoms with Crippen LogP contribution in [0.2, 0.25) is 0 Å². The molecule has 1 amide bonds. The van der Waals surface area contributed by atoms with Crippen LogP contribution in [-0.4, -0.2) is 22.7 Å². The molecule has 1 heterocycles. The third kappa shape index (κ3) is 4.81. The zero-order chi connectivity index (χ0) is 21.8. The number of hydrogen-bond donors (Lipinski definition) is 2. The van der Waals surface area contributed by atoms with Crippen LogP contribution in [0.5, 0.6) is 0 Å². The molecule has 2 N–H and O–H groups in total. The predicted octanol–water partition coefficient (Wildman–Crippen LogP) is 5.44. The molecule has 3 rings (SSSR count).